The van der Waals surface area contributed by atoms with Gasteiger partial charge in [0.15, 0.2) is 0 Å². The number of rotatable bonds is 3. The Labute approximate surface area is 103 Å². The molecule has 0 aromatic rings. The Morgan fingerprint density at radius 2 is 2.29 bits per heavy atom. The van der Waals surface area contributed by atoms with E-state index in [0.717, 1.165) is 25.9 Å². The third-order valence-corrected chi connectivity index (χ3v) is 2.73. The minimum absolute atomic E-state index is 0.221. The van der Waals surface area contributed by atoms with Crippen LogP contribution in [0.25, 0.3) is 0 Å². The van der Waals surface area contributed by atoms with Gasteiger partial charge in [-0.1, -0.05) is 0 Å². The molecule has 2 atom stereocenters. The summed E-state index contributed by atoms with van der Waals surface area (Å²) in [5.74, 6) is 0.221. The van der Waals surface area contributed by atoms with Crippen molar-refractivity contribution in [2.75, 3.05) is 19.6 Å². The average molecular weight is 244 g/mol. The fourth-order valence-corrected chi connectivity index (χ4v) is 1.88. The van der Waals surface area contributed by atoms with Crippen LogP contribution in [0, 0.1) is 5.92 Å². The SMILES string of the molecule is CC(C)(C)OC(=O)NCC(O)C1CCCNC1. The zero-order chi connectivity index (χ0) is 12.9. The van der Waals surface area contributed by atoms with Crippen molar-refractivity contribution in [3.63, 3.8) is 0 Å². The maximum absolute atomic E-state index is 11.4. The molecule has 0 bridgehead atoms. The number of aliphatic hydroxyl groups is 1. The molecule has 100 valence electrons. The van der Waals surface area contributed by atoms with Crippen LogP contribution in [0.4, 0.5) is 4.79 Å². The van der Waals surface area contributed by atoms with E-state index in [9.17, 15) is 9.90 Å². The normalized spacial score (nSPS) is 22.9. The summed E-state index contributed by atoms with van der Waals surface area (Å²) in [5.41, 5.74) is -0.499. The first-order chi connectivity index (χ1) is 7.88. The molecule has 5 nitrogen and oxygen atoms in total. The van der Waals surface area contributed by atoms with Gasteiger partial charge in [-0.3, -0.25) is 0 Å². The van der Waals surface area contributed by atoms with E-state index in [1.165, 1.54) is 0 Å². The van der Waals surface area contributed by atoms with Crippen molar-refractivity contribution >= 4 is 6.09 Å². The maximum atomic E-state index is 11.4. The van der Waals surface area contributed by atoms with Crippen LogP contribution in [0.3, 0.4) is 0 Å². The van der Waals surface area contributed by atoms with E-state index >= 15 is 0 Å². The molecule has 0 radical (unpaired) electrons. The van der Waals surface area contributed by atoms with Gasteiger partial charge >= 0.3 is 6.09 Å². The number of alkyl carbamates (subject to hydrolysis) is 1. The third-order valence-electron chi connectivity index (χ3n) is 2.73. The second-order valence-electron chi connectivity index (χ2n) is 5.56. The number of aliphatic hydroxyl groups excluding tert-OH is 1. The van der Waals surface area contributed by atoms with Crippen LogP contribution in [0.2, 0.25) is 0 Å². The monoisotopic (exact) mass is 244 g/mol. The third kappa shape index (κ3) is 5.89. The van der Waals surface area contributed by atoms with Crippen molar-refractivity contribution in [2.45, 2.75) is 45.3 Å². The number of carbonyl (C=O) groups excluding carboxylic acids is 1. The Hall–Kier alpha value is -0.810. The molecule has 1 aliphatic heterocycles. The lowest BCUT2D eigenvalue weighted by atomic mass is 9.94. The molecule has 1 amide bonds. The summed E-state index contributed by atoms with van der Waals surface area (Å²) in [6.45, 7) is 7.53. The standard InChI is InChI=1S/C12H24N2O3/c1-12(2,3)17-11(16)14-8-10(15)9-5-4-6-13-7-9/h9-10,13,15H,4-8H2,1-3H3,(H,14,16). The number of amides is 1. The highest BCUT2D eigenvalue weighted by Gasteiger charge is 2.23. The number of hydrogen-bond acceptors (Lipinski definition) is 4. The van der Waals surface area contributed by atoms with Crippen LogP contribution in [0.1, 0.15) is 33.6 Å². The highest BCUT2D eigenvalue weighted by Crippen LogP contribution is 2.14. The first kappa shape index (κ1) is 14.3. The minimum atomic E-state index is -0.504. The molecule has 1 heterocycles. The molecular weight excluding hydrogens is 220 g/mol. The summed E-state index contributed by atoms with van der Waals surface area (Å²) < 4.78 is 5.10. The molecule has 2 unspecified atom stereocenters. The summed E-state index contributed by atoms with van der Waals surface area (Å²) in [7, 11) is 0. The first-order valence-electron chi connectivity index (χ1n) is 6.24. The molecule has 0 spiro atoms. The summed E-state index contributed by atoms with van der Waals surface area (Å²) in [4.78, 5) is 11.4. The van der Waals surface area contributed by atoms with Gasteiger partial charge < -0.3 is 20.5 Å². The van der Waals surface area contributed by atoms with Crippen molar-refractivity contribution in [1.82, 2.24) is 10.6 Å². The van der Waals surface area contributed by atoms with E-state index < -0.39 is 17.8 Å². The summed E-state index contributed by atoms with van der Waals surface area (Å²) in [5, 5.41) is 15.7. The van der Waals surface area contributed by atoms with Crippen molar-refractivity contribution in [1.29, 1.82) is 0 Å². The van der Waals surface area contributed by atoms with Gasteiger partial charge in [-0.25, -0.2) is 4.79 Å². The largest absolute Gasteiger partial charge is 0.444 e. The van der Waals surface area contributed by atoms with Crippen molar-refractivity contribution < 1.29 is 14.6 Å². The number of piperidine rings is 1. The number of hydrogen-bond donors (Lipinski definition) is 3. The zero-order valence-electron chi connectivity index (χ0n) is 11.0. The molecule has 1 fully saturated rings. The van der Waals surface area contributed by atoms with Gasteiger partial charge in [0.05, 0.1) is 6.10 Å². The van der Waals surface area contributed by atoms with Crippen LogP contribution in [0.15, 0.2) is 0 Å². The summed E-state index contributed by atoms with van der Waals surface area (Å²) >= 11 is 0. The molecule has 5 heteroatoms. The number of ether oxygens (including phenoxy) is 1. The highest BCUT2D eigenvalue weighted by molar-refractivity contribution is 5.67. The fraction of sp³-hybridized carbons (Fsp3) is 0.917. The topological polar surface area (TPSA) is 70.6 Å². The smallest absolute Gasteiger partial charge is 0.407 e. The molecule has 3 N–H and O–H groups in total. The van der Waals surface area contributed by atoms with Crippen molar-refractivity contribution in [3.8, 4) is 0 Å². The van der Waals surface area contributed by atoms with Crippen molar-refractivity contribution in [2.24, 2.45) is 5.92 Å². The Kier molecular flexibility index (Phi) is 5.21. The predicted molar refractivity (Wildman–Crippen MR) is 65.8 cm³/mol. The van der Waals surface area contributed by atoms with Gasteiger partial charge in [0, 0.05) is 13.1 Å². The van der Waals surface area contributed by atoms with Gasteiger partial charge in [-0.15, -0.1) is 0 Å². The van der Waals surface area contributed by atoms with Crippen LogP contribution in [-0.4, -0.2) is 42.5 Å². The fourth-order valence-electron chi connectivity index (χ4n) is 1.88. The maximum Gasteiger partial charge on any atom is 0.407 e. The Balaban J connectivity index is 2.22. The molecule has 0 aromatic heterocycles. The number of nitrogens with one attached hydrogen (secondary N) is 2. The second kappa shape index (κ2) is 6.21. The van der Waals surface area contributed by atoms with Gasteiger partial charge in [-0.2, -0.15) is 0 Å². The summed E-state index contributed by atoms with van der Waals surface area (Å²) in [6.07, 6.45) is 1.11. The molecule has 0 aromatic carbocycles. The Bertz CT molecular complexity index is 245. The molecule has 17 heavy (non-hydrogen) atoms. The molecule has 0 saturated carbocycles. The van der Waals surface area contributed by atoms with E-state index in [4.69, 9.17) is 4.74 Å². The average Bonchev–Trinajstić information content (AvgIpc) is 2.25. The lowest BCUT2D eigenvalue weighted by Gasteiger charge is -2.27. The van der Waals surface area contributed by atoms with Crippen LogP contribution >= 0.6 is 0 Å². The van der Waals surface area contributed by atoms with Crippen molar-refractivity contribution in [3.05, 3.63) is 0 Å². The van der Waals surface area contributed by atoms with Gasteiger partial charge in [0.25, 0.3) is 0 Å². The first-order valence-corrected chi connectivity index (χ1v) is 6.24. The predicted octanol–water partition coefficient (Wildman–Crippen LogP) is 0.872. The Morgan fingerprint density at radius 1 is 1.59 bits per heavy atom. The second-order valence-corrected chi connectivity index (χ2v) is 5.56. The van der Waals surface area contributed by atoms with E-state index in [1.807, 2.05) is 20.8 Å². The van der Waals surface area contributed by atoms with Crippen LogP contribution in [-0.2, 0) is 4.74 Å². The van der Waals surface area contributed by atoms with Gasteiger partial charge in [0.1, 0.15) is 5.60 Å². The van der Waals surface area contributed by atoms with Gasteiger partial charge in [-0.05, 0) is 46.1 Å². The molecule has 0 aliphatic carbocycles. The molecule has 1 aliphatic rings. The van der Waals surface area contributed by atoms with E-state index in [0.29, 0.717) is 0 Å². The lowest BCUT2D eigenvalue weighted by molar-refractivity contribution is 0.0436. The lowest BCUT2D eigenvalue weighted by Crippen LogP contribution is -2.43. The quantitative estimate of drug-likeness (QED) is 0.689. The zero-order valence-corrected chi connectivity index (χ0v) is 11.0. The Morgan fingerprint density at radius 3 is 2.82 bits per heavy atom. The van der Waals surface area contributed by atoms with Crippen LogP contribution in [0.5, 0.6) is 0 Å². The highest BCUT2D eigenvalue weighted by atomic mass is 16.6. The summed E-state index contributed by atoms with van der Waals surface area (Å²) in [6, 6.07) is 0. The number of carbonyl (C=O) groups is 1. The van der Waals surface area contributed by atoms with E-state index in [-0.39, 0.29) is 12.5 Å². The molecule has 1 saturated heterocycles. The van der Waals surface area contributed by atoms with Gasteiger partial charge in [0.2, 0.25) is 0 Å². The van der Waals surface area contributed by atoms with E-state index in [1.54, 1.807) is 0 Å². The molecule has 1 rings (SSSR count). The van der Waals surface area contributed by atoms with E-state index in [2.05, 4.69) is 10.6 Å². The van der Waals surface area contributed by atoms with Crippen LogP contribution < -0.4 is 10.6 Å². The minimum Gasteiger partial charge on any atom is -0.444 e. The molecular formula is C12H24N2O3.